The maximum Gasteiger partial charge on any atom is 0.333 e. The minimum Gasteiger partial charge on any atom is -0.472 e. The molecule has 2 aliphatic rings. The molecule has 31 heavy (non-hydrogen) atoms. The molecule has 5 heteroatoms. The monoisotopic (exact) mass is 428 g/mol. The van der Waals surface area contributed by atoms with E-state index in [0.717, 1.165) is 37.7 Å². The molecule has 1 aromatic heterocycles. The molecular weight excluding hydrogens is 392 g/mol. The van der Waals surface area contributed by atoms with Gasteiger partial charge in [0.25, 0.3) is 0 Å². The lowest BCUT2D eigenvalue weighted by molar-refractivity contribution is -0.162. The lowest BCUT2D eigenvalue weighted by Gasteiger charge is -2.58. The van der Waals surface area contributed by atoms with Crippen molar-refractivity contribution in [1.29, 1.82) is 0 Å². The lowest BCUT2D eigenvalue weighted by atomic mass is 9.47. The van der Waals surface area contributed by atoms with Gasteiger partial charge in [-0.15, -0.1) is 0 Å². The molecule has 0 spiro atoms. The molecule has 1 heterocycles. The zero-order valence-corrected chi connectivity index (χ0v) is 19.7. The zero-order chi connectivity index (χ0) is 22.8. The van der Waals surface area contributed by atoms with Gasteiger partial charge >= 0.3 is 11.9 Å². The van der Waals surface area contributed by atoms with Crippen LogP contribution in [0.5, 0.6) is 0 Å². The summed E-state index contributed by atoms with van der Waals surface area (Å²) >= 11 is 0. The van der Waals surface area contributed by atoms with Gasteiger partial charge in [0.15, 0.2) is 0 Å². The number of ether oxygens (including phenoxy) is 2. The Morgan fingerprint density at radius 1 is 1.26 bits per heavy atom. The number of fused-ring (bicyclic) bond motifs is 1. The summed E-state index contributed by atoms with van der Waals surface area (Å²) in [5.74, 6) is -0.514. The van der Waals surface area contributed by atoms with Crippen molar-refractivity contribution in [3.63, 3.8) is 0 Å². The molecule has 1 saturated carbocycles. The number of esters is 2. The molecular formula is C26H36O5. The first kappa shape index (κ1) is 23.4. The highest BCUT2D eigenvalue weighted by Gasteiger charge is 2.58. The van der Waals surface area contributed by atoms with E-state index in [1.807, 2.05) is 19.1 Å². The first-order chi connectivity index (χ1) is 14.6. The largest absolute Gasteiger partial charge is 0.472 e. The van der Waals surface area contributed by atoms with Crippen molar-refractivity contribution >= 4 is 11.9 Å². The van der Waals surface area contributed by atoms with Crippen molar-refractivity contribution in [2.75, 3.05) is 7.11 Å². The topological polar surface area (TPSA) is 65.7 Å². The van der Waals surface area contributed by atoms with Gasteiger partial charge in [0.05, 0.1) is 19.6 Å². The Balaban J connectivity index is 2.06. The molecule has 0 saturated heterocycles. The van der Waals surface area contributed by atoms with Crippen LogP contribution in [0.2, 0.25) is 0 Å². The number of carbonyl (C=O) groups is 2. The third-order valence-corrected chi connectivity index (χ3v) is 7.65. The summed E-state index contributed by atoms with van der Waals surface area (Å²) in [5.41, 5.74) is 2.13. The van der Waals surface area contributed by atoms with Crippen molar-refractivity contribution in [2.45, 2.75) is 72.8 Å². The van der Waals surface area contributed by atoms with E-state index in [4.69, 9.17) is 13.9 Å². The second kappa shape index (κ2) is 9.05. The van der Waals surface area contributed by atoms with E-state index in [1.165, 1.54) is 7.11 Å². The first-order valence-electron chi connectivity index (χ1n) is 11.3. The minimum absolute atomic E-state index is 0.0200. The summed E-state index contributed by atoms with van der Waals surface area (Å²) in [6.07, 6.45) is 11.4. The predicted octanol–water partition coefficient (Wildman–Crippen LogP) is 5.65. The summed E-state index contributed by atoms with van der Waals surface area (Å²) in [6, 6.07) is 1.97. The Morgan fingerprint density at radius 3 is 2.61 bits per heavy atom. The maximum atomic E-state index is 12.9. The summed E-state index contributed by atoms with van der Waals surface area (Å²) in [6.45, 7) is 10.4. The van der Waals surface area contributed by atoms with Crippen LogP contribution >= 0.6 is 0 Å². The molecule has 0 unspecified atom stereocenters. The number of furan rings is 1. The van der Waals surface area contributed by atoms with Crippen molar-refractivity contribution in [1.82, 2.24) is 0 Å². The molecule has 1 aromatic rings. The second-order valence-electron chi connectivity index (χ2n) is 10.0. The molecule has 0 aromatic carbocycles. The zero-order valence-electron chi connectivity index (χ0n) is 19.7. The van der Waals surface area contributed by atoms with Crippen LogP contribution in [0.15, 0.2) is 46.3 Å². The number of rotatable bonds is 6. The molecule has 4 atom stereocenters. The fraction of sp³-hybridized carbons (Fsp3) is 0.615. The van der Waals surface area contributed by atoms with Crippen LogP contribution in [0.1, 0.15) is 65.9 Å². The maximum absolute atomic E-state index is 12.9. The number of methoxy groups -OCH3 is 1. The first-order valence-corrected chi connectivity index (χ1v) is 11.3. The Hall–Kier alpha value is -2.30. The summed E-state index contributed by atoms with van der Waals surface area (Å²) in [5, 5.41) is 0. The van der Waals surface area contributed by atoms with Crippen LogP contribution < -0.4 is 0 Å². The van der Waals surface area contributed by atoms with Gasteiger partial charge in [-0.2, -0.15) is 0 Å². The average molecular weight is 429 g/mol. The van der Waals surface area contributed by atoms with Gasteiger partial charge in [0.2, 0.25) is 0 Å². The molecule has 2 aliphatic carbocycles. The number of hydrogen-bond donors (Lipinski definition) is 0. The predicted molar refractivity (Wildman–Crippen MR) is 119 cm³/mol. The number of carbonyl (C=O) groups excluding carboxylic acids is 2. The van der Waals surface area contributed by atoms with Crippen LogP contribution in [0.25, 0.3) is 0 Å². The molecule has 0 radical (unpaired) electrons. The Labute approximate surface area is 185 Å². The summed E-state index contributed by atoms with van der Waals surface area (Å²) in [4.78, 5) is 25.6. The van der Waals surface area contributed by atoms with Crippen LogP contribution in [0, 0.1) is 22.7 Å². The lowest BCUT2D eigenvalue weighted by Crippen LogP contribution is -2.56. The van der Waals surface area contributed by atoms with Crippen LogP contribution in [-0.4, -0.2) is 25.2 Å². The highest BCUT2D eigenvalue weighted by molar-refractivity contribution is 5.90. The highest BCUT2D eigenvalue weighted by Crippen LogP contribution is 2.61. The van der Waals surface area contributed by atoms with Gasteiger partial charge in [0, 0.05) is 17.1 Å². The van der Waals surface area contributed by atoms with E-state index < -0.39 is 6.10 Å². The van der Waals surface area contributed by atoms with E-state index in [1.54, 1.807) is 25.5 Å². The van der Waals surface area contributed by atoms with Crippen molar-refractivity contribution in [2.24, 2.45) is 22.7 Å². The van der Waals surface area contributed by atoms with Gasteiger partial charge in [0.1, 0.15) is 6.10 Å². The van der Waals surface area contributed by atoms with E-state index >= 15 is 0 Å². The fourth-order valence-electron chi connectivity index (χ4n) is 6.08. The van der Waals surface area contributed by atoms with Gasteiger partial charge in [-0.3, -0.25) is 0 Å². The number of allylic oxidation sites excluding steroid dienone is 1. The highest BCUT2D eigenvalue weighted by atomic mass is 16.5. The molecule has 0 amide bonds. The normalized spacial score (nSPS) is 30.2. The fourth-order valence-corrected chi connectivity index (χ4v) is 6.08. The summed E-state index contributed by atoms with van der Waals surface area (Å²) < 4.78 is 16.4. The van der Waals surface area contributed by atoms with Crippen molar-refractivity contribution < 1.29 is 23.5 Å². The molecule has 170 valence electrons. The van der Waals surface area contributed by atoms with E-state index in [9.17, 15) is 9.59 Å². The molecule has 5 nitrogen and oxygen atoms in total. The molecule has 0 bridgehead atoms. The summed E-state index contributed by atoms with van der Waals surface area (Å²) in [7, 11) is 1.42. The second-order valence-corrected chi connectivity index (χ2v) is 10.0. The minimum atomic E-state index is -0.457. The molecule has 3 rings (SSSR count). The van der Waals surface area contributed by atoms with E-state index in [2.05, 4.69) is 20.8 Å². The standard InChI is InChI=1S/C26H36O5/c1-7-17(2)23(27)31-21-15-19(24(28)29-6)20(10-9-18-11-14-30-16-18)26(5)13-8-12-25(3,4)22(21)26/h7,11,14-16,20-22H,8-10,12-13H2,1-6H3/t20-,21-,22-,26+/m0/s1. The number of hydrogen-bond acceptors (Lipinski definition) is 5. The van der Waals surface area contributed by atoms with E-state index in [-0.39, 0.29) is 34.6 Å². The smallest absolute Gasteiger partial charge is 0.333 e. The van der Waals surface area contributed by atoms with E-state index in [0.29, 0.717) is 11.1 Å². The van der Waals surface area contributed by atoms with Crippen LogP contribution in [0.4, 0.5) is 0 Å². The molecule has 0 aliphatic heterocycles. The quantitative estimate of drug-likeness (QED) is 0.432. The number of aryl methyl sites for hydroxylation is 1. The molecule has 1 fully saturated rings. The van der Waals surface area contributed by atoms with Crippen LogP contribution in [0.3, 0.4) is 0 Å². The Morgan fingerprint density at radius 2 is 2.00 bits per heavy atom. The van der Waals surface area contributed by atoms with Crippen LogP contribution in [-0.2, 0) is 25.5 Å². The van der Waals surface area contributed by atoms with Crippen molar-refractivity contribution in [3.8, 4) is 0 Å². The Bertz CT molecular complexity index is 860. The molecule has 0 N–H and O–H groups in total. The SMILES string of the molecule is CC=C(C)C(=O)O[C@H]1C=C(C(=O)OC)[C@H](CCc2ccoc2)[C@@]2(C)CCCC(C)(C)[C@H]12. The third kappa shape index (κ3) is 4.51. The third-order valence-electron chi connectivity index (χ3n) is 7.65. The van der Waals surface area contributed by atoms with Crippen molar-refractivity contribution in [3.05, 3.63) is 47.5 Å². The van der Waals surface area contributed by atoms with Gasteiger partial charge in [-0.05, 0) is 74.0 Å². The van der Waals surface area contributed by atoms with Gasteiger partial charge in [-0.25, -0.2) is 9.59 Å². The Kier molecular flexibility index (Phi) is 6.82. The van der Waals surface area contributed by atoms with Gasteiger partial charge < -0.3 is 13.9 Å². The van der Waals surface area contributed by atoms with Gasteiger partial charge in [-0.1, -0.05) is 33.3 Å². The average Bonchev–Trinajstić information content (AvgIpc) is 3.24.